The van der Waals surface area contributed by atoms with E-state index in [4.69, 9.17) is 15.0 Å². The van der Waals surface area contributed by atoms with E-state index in [1.54, 1.807) is 0 Å². The van der Waals surface area contributed by atoms with Crippen molar-refractivity contribution < 1.29 is 0 Å². The van der Waals surface area contributed by atoms with Gasteiger partial charge < -0.3 is 4.57 Å². The summed E-state index contributed by atoms with van der Waals surface area (Å²) in [5, 5.41) is 2.41. The van der Waals surface area contributed by atoms with Crippen molar-refractivity contribution in [2.75, 3.05) is 0 Å². The third-order valence-electron chi connectivity index (χ3n) is 12.5. The summed E-state index contributed by atoms with van der Waals surface area (Å²) in [7, 11) is 0. The van der Waals surface area contributed by atoms with Crippen molar-refractivity contribution in [1.29, 1.82) is 0 Å². The predicted molar refractivity (Wildman–Crippen MR) is 253 cm³/mol. The van der Waals surface area contributed by atoms with Crippen LogP contribution in [0.4, 0.5) is 0 Å². The number of benzene rings is 9. The van der Waals surface area contributed by atoms with Gasteiger partial charge in [0.05, 0.1) is 16.4 Å². The second-order valence-corrected chi connectivity index (χ2v) is 16.0. The summed E-state index contributed by atoms with van der Waals surface area (Å²) in [6.07, 6.45) is 0. The molecule has 1 aliphatic rings. The third-order valence-corrected chi connectivity index (χ3v) is 12.5. The normalized spacial score (nSPS) is 12.6. The summed E-state index contributed by atoms with van der Waals surface area (Å²) in [6.45, 7) is 0. The highest BCUT2D eigenvalue weighted by Crippen LogP contribution is 2.57. The van der Waals surface area contributed by atoms with Gasteiger partial charge >= 0.3 is 0 Å². The van der Waals surface area contributed by atoms with E-state index in [0.717, 1.165) is 33.5 Å². The van der Waals surface area contributed by atoms with Crippen molar-refractivity contribution in [3.63, 3.8) is 0 Å². The fourth-order valence-corrected chi connectivity index (χ4v) is 9.77. The Morgan fingerprint density at radius 2 is 0.758 bits per heavy atom. The number of para-hydroxylation sites is 1. The average molecular weight is 791 g/mol. The van der Waals surface area contributed by atoms with E-state index in [1.165, 1.54) is 55.2 Å². The number of rotatable bonds is 7. The minimum absolute atomic E-state index is 0.629. The summed E-state index contributed by atoms with van der Waals surface area (Å²) in [5.74, 6) is 1.91. The molecule has 12 rings (SSSR count). The van der Waals surface area contributed by atoms with E-state index in [-0.39, 0.29) is 0 Å². The van der Waals surface area contributed by atoms with Gasteiger partial charge in [0.1, 0.15) is 0 Å². The zero-order chi connectivity index (χ0) is 41.0. The van der Waals surface area contributed by atoms with E-state index in [0.29, 0.717) is 17.5 Å². The van der Waals surface area contributed by atoms with Crippen LogP contribution < -0.4 is 0 Å². The molecule has 290 valence electrons. The Morgan fingerprint density at radius 3 is 1.35 bits per heavy atom. The lowest BCUT2D eigenvalue weighted by Gasteiger charge is -2.34. The molecule has 0 N–H and O–H groups in total. The Morgan fingerprint density at radius 1 is 0.306 bits per heavy atom. The van der Waals surface area contributed by atoms with Crippen LogP contribution in [0, 0.1) is 0 Å². The summed E-state index contributed by atoms with van der Waals surface area (Å²) in [4.78, 5) is 15.3. The fraction of sp³-hybridized carbons (Fsp3) is 0.0172. The van der Waals surface area contributed by atoms with Crippen LogP contribution in [0.2, 0.25) is 0 Å². The zero-order valence-corrected chi connectivity index (χ0v) is 33.7. The Bertz CT molecular complexity index is 3350. The van der Waals surface area contributed by atoms with Crippen molar-refractivity contribution in [1.82, 2.24) is 19.5 Å². The molecule has 0 aliphatic heterocycles. The molecular weight excluding hydrogens is 753 g/mol. The maximum atomic E-state index is 5.17. The molecule has 1 aliphatic carbocycles. The van der Waals surface area contributed by atoms with Crippen LogP contribution in [-0.2, 0) is 5.41 Å². The van der Waals surface area contributed by atoms with Crippen molar-refractivity contribution in [2.24, 2.45) is 0 Å². The van der Waals surface area contributed by atoms with Gasteiger partial charge in [-0.25, -0.2) is 15.0 Å². The van der Waals surface area contributed by atoms with Crippen LogP contribution >= 0.6 is 0 Å². The number of hydrogen-bond donors (Lipinski definition) is 0. The van der Waals surface area contributed by atoms with Crippen LogP contribution in [0.3, 0.4) is 0 Å². The van der Waals surface area contributed by atoms with Crippen molar-refractivity contribution in [3.8, 4) is 62.1 Å². The molecule has 0 saturated heterocycles. The zero-order valence-electron chi connectivity index (χ0n) is 33.7. The fourth-order valence-electron chi connectivity index (χ4n) is 9.77. The Kier molecular flexibility index (Phi) is 8.36. The summed E-state index contributed by atoms with van der Waals surface area (Å²) in [5.41, 5.74) is 15.3. The largest absolute Gasteiger partial charge is 0.309 e. The predicted octanol–water partition coefficient (Wildman–Crippen LogP) is 14.0. The molecule has 4 heteroatoms. The van der Waals surface area contributed by atoms with E-state index < -0.39 is 5.41 Å². The van der Waals surface area contributed by atoms with Crippen LogP contribution in [0.15, 0.2) is 231 Å². The highest BCUT2D eigenvalue weighted by Gasteiger charge is 2.46. The first-order valence-corrected chi connectivity index (χ1v) is 21.1. The molecule has 0 amide bonds. The first-order valence-electron chi connectivity index (χ1n) is 21.1. The molecule has 0 atom stereocenters. The Labute approximate surface area is 360 Å². The second-order valence-electron chi connectivity index (χ2n) is 16.0. The first kappa shape index (κ1) is 35.7. The van der Waals surface area contributed by atoms with Crippen molar-refractivity contribution in [2.45, 2.75) is 5.41 Å². The minimum atomic E-state index is -0.660. The van der Waals surface area contributed by atoms with Gasteiger partial charge in [-0.2, -0.15) is 0 Å². The number of nitrogens with zero attached hydrogens (tertiary/aromatic N) is 4. The molecule has 0 spiro atoms. The van der Waals surface area contributed by atoms with Gasteiger partial charge in [-0.15, -0.1) is 0 Å². The smallest absolute Gasteiger partial charge is 0.164 e. The SMILES string of the molecule is c1ccc(-c2ccc3c(c2)c2cc(C4(c5cccc(-c6nc(-c7ccccc7)nc(-c7ccccc7)n6)c5)c5ccccc5-c5ccccc54)ccc2n3-c2ccccc2)cc1. The lowest BCUT2D eigenvalue weighted by molar-refractivity contribution is 0.770. The number of fused-ring (bicyclic) bond motifs is 6. The van der Waals surface area contributed by atoms with Gasteiger partial charge in [-0.3, -0.25) is 0 Å². The first-order chi connectivity index (χ1) is 30.7. The van der Waals surface area contributed by atoms with Crippen molar-refractivity contribution >= 4 is 21.8 Å². The van der Waals surface area contributed by atoms with Gasteiger partial charge in [0.2, 0.25) is 0 Å². The molecule has 0 unspecified atom stereocenters. The maximum Gasteiger partial charge on any atom is 0.164 e. The molecule has 2 aromatic heterocycles. The highest BCUT2D eigenvalue weighted by atomic mass is 15.0. The van der Waals surface area contributed by atoms with E-state index in [9.17, 15) is 0 Å². The van der Waals surface area contributed by atoms with E-state index in [2.05, 4.69) is 199 Å². The van der Waals surface area contributed by atoms with Crippen molar-refractivity contribution in [3.05, 3.63) is 253 Å². The number of aromatic nitrogens is 4. The molecule has 62 heavy (non-hydrogen) atoms. The van der Waals surface area contributed by atoms with Gasteiger partial charge in [0.25, 0.3) is 0 Å². The quantitative estimate of drug-likeness (QED) is 0.161. The molecule has 11 aromatic rings. The highest BCUT2D eigenvalue weighted by molar-refractivity contribution is 6.11. The number of hydrogen-bond acceptors (Lipinski definition) is 3. The molecule has 0 radical (unpaired) electrons. The molecule has 4 nitrogen and oxygen atoms in total. The van der Waals surface area contributed by atoms with Crippen LogP contribution in [0.25, 0.3) is 83.9 Å². The van der Waals surface area contributed by atoms with Gasteiger partial charge in [0, 0.05) is 33.2 Å². The molecule has 0 bridgehead atoms. The monoisotopic (exact) mass is 790 g/mol. The summed E-state index contributed by atoms with van der Waals surface area (Å²) in [6, 6.07) is 82.5. The Hall–Kier alpha value is -8.21. The Balaban J connectivity index is 1.13. The summed E-state index contributed by atoms with van der Waals surface area (Å²) < 4.78 is 2.41. The molecule has 0 fully saturated rings. The lowest BCUT2D eigenvalue weighted by Crippen LogP contribution is -2.28. The van der Waals surface area contributed by atoms with E-state index in [1.807, 2.05) is 36.4 Å². The van der Waals surface area contributed by atoms with E-state index >= 15 is 0 Å². The molecule has 2 heterocycles. The molecule has 9 aromatic carbocycles. The lowest BCUT2D eigenvalue weighted by atomic mass is 9.67. The van der Waals surface area contributed by atoms with Gasteiger partial charge in [-0.1, -0.05) is 188 Å². The summed E-state index contributed by atoms with van der Waals surface area (Å²) >= 11 is 0. The van der Waals surface area contributed by atoms with Crippen LogP contribution in [0.5, 0.6) is 0 Å². The standard InChI is InChI=1S/C58H38N4/c1-5-18-39(19-6-1)42-32-34-53-49(37-42)50-38-45(33-35-54(50)62(53)46-26-11-4-12-27-46)58(51-30-15-13-28-47(51)48-29-14-16-31-52(48)58)44-25-17-24-43(36-44)57-60-55(40-20-7-2-8-21-40)59-56(61-57)41-22-9-3-10-23-41/h1-38H. The van der Waals surface area contributed by atoms with Gasteiger partial charge in [0.15, 0.2) is 17.5 Å². The third kappa shape index (κ3) is 5.65. The van der Waals surface area contributed by atoms with Gasteiger partial charge in [-0.05, 0) is 87.0 Å². The molecule has 0 saturated carbocycles. The molecular formula is C58H38N4. The van der Waals surface area contributed by atoms with Crippen LogP contribution in [0.1, 0.15) is 22.3 Å². The maximum absolute atomic E-state index is 5.17. The topological polar surface area (TPSA) is 43.6 Å². The average Bonchev–Trinajstić information content (AvgIpc) is 3.85. The van der Waals surface area contributed by atoms with Crippen LogP contribution in [-0.4, -0.2) is 19.5 Å². The second kappa shape index (κ2) is 14.5. The minimum Gasteiger partial charge on any atom is -0.309 e.